The second-order valence-electron chi connectivity index (χ2n) is 7.13. The molecule has 28 heavy (non-hydrogen) atoms. The number of hydrogen-bond donors (Lipinski definition) is 1. The number of nitrogens with one attached hydrogen (secondary N) is 1. The summed E-state index contributed by atoms with van der Waals surface area (Å²) in [7, 11) is 0. The number of hydrogen-bond acceptors (Lipinski definition) is 3. The van der Waals surface area contributed by atoms with E-state index in [1.807, 2.05) is 17.0 Å². The van der Waals surface area contributed by atoms with Crippen molar-refractivity contribution in [1.29, 1.82) is 0 Å². The maximum absolute atomic E-state index is 13.1. The maximum Gasteiger partial charge on any atom is 0.237 e. The van der Waals surface area contributed by atoms with Crippen LogP contribution < -0.4 is 5.32 Å². The number of halogens is 1. The fourth-order valence-electron chi connectivity index (χ4n) is 3.83. The lowest BCUT2D eigenvalue weighted by molar-refractivity contribution is -0.132. The smallest absolute Gasteiger partial charge is 0.237 e. The van der Waals surface area contributed by atoms with Gasteiger partial charge in [0, 0.05) is 18.0 Å². The number of fused-ring (bicyclic) bond motifs is 1. The van der Waals surface area contributed by atoms with Crippen LogP contribution >= 0.6 is 11.3 Å². The van der Waals surface area contributed by atoms with Crippen LogP contribution in [0.4, 0.5) is 4.39 Å². The molecule has 5 heteroatoms. The quantitative estimate of drug-likeness (QED) is 0.693. The Labute approximate surface area is 168 Å². The van der Waals surface area contributed by atoms with Gasteiger partial charge < -0.3 is 10.2 Å². The highest BCUT2D eigenvalue weighted by Crippen LogP contribution is 2.38. The van der Waals surface area contributed by atoms with E-state index in [2.05, 4.69) is 35.8 Å². The molecule has 0 saturated heterocycles. The average molecular weight is 395 g/mol. The first kappa shape index (κ1) is 18.8. The second-order valence-corrected chi connectivity index (χ2v) is 8.13. The lowest BCUT2D eigenvalue weighted by Crippen LogP contribution is -2.44. The molecule has 0 saturated carbocycles. The Kier molecular flexibility index (Phi) is 5.55. The fourth-order valence-corrected chi connectivity index (χ4v) is 4.74. The van der Waals surface area contributed by atoms with Gasteiger partial charge in [-0.1, -0.05) is 36.4 Å². The molecule has 1 amide bonds. The van der Waals surface area contributed by atoms with Crippen LogP contribution in [0.15, 0.2) is 60.0 Å². The minimum Gasteiger partial charge on any atom is -0.330 e. The number of aryl methyl sites for hydroxylation is 1. The topological polar surface area (TPSA) is 32.3 Å². The van der Waals surface area contributed by atoms with Gasteiger partial charge in [-0.3, -0.25) is 4.79 Å². The Morgan fingerprint density at radius 1 is 1.14 bits per heavy atom. The van der Waals surface area contributed by atoms with Crippen LogP contribution in [-0.4, -0.2) is 23.9 Å². The van der Waals surface area contributed by atoms with Gasteiger partial charge in [-0.05, 0) is 59.2 Å². The summed E-state index contributed by atoms with van der Waals surface area (Å²) in [6.45, 7) is 3.63. The third-order valence-electron chi connectivity index (χ3n) is 5.29. The zero-order chi connectivity index (χ0) is 19.5. The van der Waals surface area contributed by atoms with Crippen molar-refractivity contribution >= 4 is 17.2 Å². The molecule has 3 aromatic rings. The van der Waals surface area contributed by atoms with Gasteiger partial charge >= 0.3 is 0 Å². The Balaban J connectivity index is 1.51. The van der Waals surface area contributed by atoms with E-state index < -0.39 is 0 Å². The molecule has 3 nitrogen and oxygen atoms in total. The van der Waals surface area contributed by atoms with Gasteiger partial charge in [0.05, 0.1) is 12.6 Å². The van der Waals surface area contributed by atoms with Crippen molar-refractivity contribution in [3.8, 4) is 0 Å². The predicted octanol–water partition coefficient (Wildman–Crippen LogP) is 4.46. The van der Waals surface area contributed by atoms with Gasteiger partial charge in [-0.15, -0.1) is 11.3 Å². The maximum atomic E-state index is 13.1. The number of carbonyl (C=O) groups excluding carboxylic acids is 1. The van der Waals surface area contributed by atoms with E-state index >= 15 is 0 Å². The van der Waals surface area contributed by atoms with E-state index in [1.165, 1.54) is 33.7 Å². The van der Waals surface area contributed by atoms with Crippen LogP contribution in [0.25, 0.3) is 0 Å². The summed E-state index contributed by atoms with van der Waals surface area (Å²) in [5, 5.41) is 5.33. The largest absolute Gasteiger partial charge is 0.330 e. The van der Waals surface area contributed by atoms with E-state index in [4.69, 9.17) is 0 Å². The Morgan fingerprint density at radius 2 is 1.93 bits per heavy atom. The van der Waals surface area contributed by atoms with Gasteiger partial charge in [0.2, 0.25) is 5.91 Å². The Hall–Kier alpha value is -2.50. The Morgan fingerprint density at radius 3 is 2.71 bits per heavy atom. The monoisotopic (exact) mass is 394 g/mol. The van der Waals surface area contributed by atoms with Crippen LogP contribution in [0.2, 0.25) is 0 Å². The van der Waals surface area contributed by atoms with Gasteiger partial charge in [-0.25, -0.2) is 4.39 Å². The van der Waals surface area contributed by atoms with Crippen molar-refractivity contribution in [2.45, 2.75) is 25.9 Å². The number of nitrogens with zero attached hydrogens (tertiary/aromatic N) is 1. The number of rotatable bonds is 5. The van der Waals surface area contributed by atoms with Crippen molar-refractivity contribution in [2.75, 3.05) is 13.1 Å². The predicted molar refractivity (Wildman–Crippen MR) is 111 cm³/mol. The molecule has 2 aromatic carbocycles. The molecule has 1 aliphatic heterocycles. The average Bonchev–Trinajstić information content (AvgIpc) is 3.18. The molecule has 1 aromatic heterocycles. The Bertz CT molecular complexity index is 967. The highest BCUT2D eigenvalue weighted by molar-refractivity contribution is 7.10. The second kappa shape index (κ2) is 8.25. The summed E-state index contributed by atoms with van der Waals surface area (Å²) >= 11 is 1.78. The summed E-state index contributed by atoms with van der Waals surface area (Å²) in [4.78, 5) is 16.4. The summed E-state index contributed by atoms with van der Waals surface area (Å²) in [5.74, 6) is -0.159. The minimum atomic E-state index is -0.249. The number of carbonyl (C=O) groups is 1. The van der Waals surface area contributed by atoms with Crippen LogP contribution in [0, 0.1) is 12.7 Å². The van der Waals surface area contributed by atoms with Crippen molar-refractivity contribution in [3.63, 3.8) is 0 Å². The third kappa shape index (κ3) is 3.86. The van der Waals surface area contributed by atoms with E-state index in [0.717, 1.165) is 18.5 Å². The standard InChI is InChI=1S/C23H23FN2OS/c1-16-4-2-3-5-19(16)23-20-11-13-28-21(20)10-12-26(23)22(27)15-25-14-17-6-8-18(24)9-7-17/h2-9,11,13,23,25H,10,12,14-15H2,1H3. The van der Waals surface area contributed by atoms with Crippen molar-refractivity contribution in [2.24, 2.45) is 0 Å². The molecule has 0 radical (unpaired) electrons. The molecule has 144 valence electrons. The first-order valence-corrected chi connectivity index (χ1v) is 10.4. The third-order valence-corrected chi connectivity index (χ3v) is 6.28. The molecule has 1 atom stereocenters. The van der Waals surface area contributed by atoms with Gasteiger partial charge in [0.25, 0.3) is 0 Å². The van der Waals surface area contributed by atoms with Gasteiger partial charge in [0.15, 0.2) is 0 Å². The number of amides is 1. The first-order chi connectivity index (χ1) is 13.6. The molecule has 1 unspecified atom stereocenters. The molecule has 0 spiro atoms. The summed E-state index contributed by atoms with van der Waals surface area (Å²) in [6.07, 6.45) is 0.902. The molecule has 0 bridgehead atoms. The summed E-state index contributed by atoms with van der Waals surface area (Å²) in [6, 6.07) is 16.8. The van der Waals surface area contributed by atoms with Crippen molar-refractivity contribution in [1.82, 2.24) is 10.2 Å². The van der Waals surface area contributed by atoms with Gasteiger partial charge in [0.1, 0.15) is 5.82 Å². The summed E-state index contributed by atoms with van der Waals surface area (Å²) < 4.78 is 13.0. The molecule has 1 N–H and O–H groups in total. The van der Waals surface area contributed by atoms with Crippen molar-refractivity contribution < 1.29 is 9.18 Å². The lowest BCUT2D eigenvalue weighted by Gasteiger charge is -2.37. The van der Waals surface area contributed by atoms with Crippen LogP contribution in [0.5, 0.6) is 0 Å². The SMILES string of the molecule is Cc1ccccc1C1c2ccsc2CCN1C(=O)CNCc1ccc(F)cc1. The molecule has 0 fully saturated rings. The van der Waals surface area contributed by atoms with E-state index in [0.29, 0.717) is 6.54 Å². The number of thiophene rings is 1. The molecule has 0 aliphatic carbocycles. The summed E-state index contributed by atoms with van der Waals surface area (Å²) in [5.41, 5.74) is 4.60. The minimum absolute atomic E-state index is 0.0312. The van der Waals surface area contributed by atoms with E-state index in [9.17, 15) is 9.18 Å². The highest BCUT2D eigenvalue weighted by Gasteiger charge is 2.33. The first-order valence-electron chi connectivity index (χ1n) is 9.50. The molecular weight excluding hydrogens is 371 g/mol. The van der Waals surface area contributed by atoms with E-state index in [-0.39, 0.29) is 24.3 Å². The molecular formula is C23H23FN2OS. The molecule has 1 aliphatic rings. The molecule has 2 heterocycles. The normalized spacial score (nSPS) is 16.1. The lowest BCUT2D eigenvalue weighted by atomic mass is 9.90. The van der Waals surface area contributed by atoms with Gasteiger partial charge in [-0.2, -0.15) is 0 Å². The van der Waals surface area contributed by atoms with Crippen LogP contribution in [0.3, 0.4) is 0 Å². The zero-order valence-corrected chi connectivity index (χ0v) is 16.6. The zero-order valence-electron chi connectivity index (χ0n) is 15.8. The van der Waals surface area contributed by atoms with Crippen molar-refractivity contribution in [3.05, 3.63) is 92.9 Å². The van der Waals surface area contributed by atoms with Crippen LogP contribution in [0.1, 0.15) is 33.2 Å². The fraction of sp³-hybridized carbons (Fsp3) is 0.261. The van der Waals surface area contributed by atoms with E-state index in [1.54, 1.807) is 23.5 Å². The highest BCUT2D eigenvalue weighted by atomic mass is 32.1. The molecule has 4 rings (SSSR count). The van der Waals surface area contributed by atoms with Crippen LogP contribution in [-0.2, 0) is 17.8 Å². The number of benzene rings is 2.